The van der Waals surface area contributed by atoms with Crippen LogP contribution >= 0.6 is 11.6 Å². The smallest absolute Gasteiger partial charge is 0.274 e. The number of ether oxygens (including phenoxy) is 1. The number of benzene rings is 1. The van der Waals surface area contributed by atoms with Crippen molar-refractivity contribution >= 4 is 37.2 Å². The first-order valence-electron chi connectivity index (χ1n) is 9.96. The van der Waals surface area contributed by atoms with E-state index < -0.39 is 36.8 Å². The molecule has 9 nitrogen and oxygen atoms in total. The molecular formula is C20H24ClN3O6S2. The van der Waals surface area contributed by atoms with Gasteiger partial charge in [-0.1, -0.05) is 30.7 Å². The monoisotopic (exact) mass is 501 g/mol. The minimum atomic E-state index is -3.77. The lowest BCUT2D eigenvalue weighted by atomic mass is 10.1. The van der Waals surface area contributed by atoms with Gasteiger partial charge < -0.3 is 9.64 Å². The molecule has 0 N–H and O–H groups in total. The van der Waals surface area contributed by atoms with E-state index in [2.05, 4.69) is 9.97 Å². The van der Waals surface area contributed by atoms with Crippen LogP contribution in [0.5, 0.6) is 5.75 Å². The molecule has 1 saturated heterocycles. The van der Waals surface area contributed by atoms with Gasteiger partial charge in [0.2, 0.25) is 15.0 Å². The maximum absolute atomic E-state index is 13.4. The highest BCUT2D eigenvalue weighted by molar-refractivity contribution is 7.91. The summed E-state index contributed by atoms with van der Waals surface area (Å²) >= 11 is 6.12. The minimum absolute atomic E-state index is 0.0304. The van der Waals surface area contributed by atoms with E-state index in [1.165, 1.54) is 4.90 Å². The fourth-order valence-corrected chi connectivity index (χ4v) is 5.72. The normalized spacial score (nSPS) is 17.8. The largest absolute Gasteiger partial charge is 0.494 e. The summed E-state index contributed by atoms with van der Waals surface area (Å²) in [5, 5.41) is -0.641. The van der Waals surface area contributed by atoms with Crippen LogP contribution in [-0.4, -0.2) is 68.0 Å². The van der Waals surface area contributed by atoms with Gasteiger partial charge in [-0.3, -0.25) is 4.79 Å². The summed E-state index contributed by atoms with van der Waals surface area (Å²) in [5.74, 6) is -0.181. The number of halogens is 1. The van der Waals surface area contributed by atoms with Crippen molar-refractivity contribution in [2.45, 2.75) is 37.5 Å². The van der Waals surface area contributed by atoms with Crippen molar-refractivity contribution in [3.8, 4) is 5.75 Å². The number of aromatic nitrogens is 2. The van der Waals surface area contributed by atoms with E-state index in [9.17, 15) is 21.6 Å². The highest BCUT2D eigenvalue weighted by Gasteiger charge is 2.36. The number of hydrogen-bond acceptors (Lipinski definition) is 8. The summed E-state index contributed by atoms with van der Waals surface area (Å²) in [6.07, 6.45) is 3.12. The molecule has 32 heavy (non-hydrogen) atoms. The van der Waals surface area contributed by atoms with Crippen LogP contribution in [0.2, 0.25) is 5.02 Å². The van der Waals surface area contributed by atoms with Crippen molar-refractivity contribution in [3.05, 3.63) is 46.7 Å². The summed E-state index contributed by atoms with van der Waals surface area (Å²) in [4.78, 5) is 22.3. The van der Waals surface area contributed by atoms with Crippen molar-refractivity contribution in [1.29, 1.82) is 0 Å². The molecule has 2 aromatic rings. The highest BCUT2D eigenvalue weighted by Crippen LogP contribution is 2.25. The zero-order valence-corrected chi connectivity index (χ0v) is 20.1. The lowest BCUT2D eigenvalue weighted by Gasteiger charge is -2.28. The molecule has 1 fully saturated rings. The molecule has 12 heteroatoms. The van der Waals surface area contributed by atoms with Crippen LogP contribution in [0.1, 0.15) is 35.8 Å². The standard InChI is InChI=1S/C20H24ClN3O6S2/c1-3-9-30-16-6-4-14(5-7-16)12-24(15-8-10-32(28,29)13-15)19(25)18-17(21)11-22-20(23-18)31(2,26)27/h4-7,11,15H,3,8-10,12-13H2,1-2H3. The van der Waals surface area contributed by atoms with E-state index in [1.807, 2.05) is 6.92 Å². The van der Waals surface area contributed by atoms with Gasteiger partial charge >= 0.3 is 0 Å². The van der Waals surface area contributed by atoms with Gasteiger partial charge in [0, 0.05) is 18.8 Å². The zero-order valence-electron chi connectivity index (χ0n) is 17.7. The molecule has 174 valence electrons. The second kappa shape index (κ2) is 9.72. The average Bonchev–Trinajstić information content (AvgIpc) is 3.09. The van der Waals surface area contributed by atoms with Gasteiger partial charge in [0.05, 0.1) is 29.3 Å². The third kappa shape index (κ3) is 5.96. The number of carbonyl (C=O) groups excluding carboxylic acids is 1. The molecular weight excluding hydrogens is 478 g/mol. The van der Waals surface area contributed by atoms with Gasteiger partial charge in [0.25, 0.3) is 5.91 Å². The third-order valence-corrected chi connectivity index (χ3v) is 7.80. The van der Waals surface area contributed by atoms with Crippen molar-refractivity contribution in [2.75, 3.05) is 24.4 Å². The summed E-state index contributed by atoms with van der Waals surface area (Å²) in [5.41, 5.74) is 0.467. The molecule has 2 heterocycles. The Morgan fingerprint density at radius 2 is 1.97 bits per heavy atom. The summed E-state index contributed by atoms with van der Waals surface area (Å²) < 4.78 is 53.4. The second-order valence-corrected chi connectivity index (χ2v) is 12.1. The fraction of sp³-hybridized carbons (Fsp3) is 0.450. The molecule has 0 aliphatic carbocycles. The Hall–Kier alpha value is -2.24. The van der Waals surface area contributed by atoms with Gasteiger partial charge in [0.1, 0.15) is 5.75 Å². The molecule has 3 rings (SSSR count). The summed E-state index contributed by atoms with van der Waals surface area (Å²) in [7, 11) is -7.05. The predicted molar refractivity (Wildman–Crippen MR) is 119 cm³/mol. The molecule has 1 aromatic heterocycles. The van der Waals surface area contributed by atoms with Crippen molar-refractivity contribution in [1.82, 2.24) is 14.9 Å². The number of hydrogen-bond donors (Lipinski definition) is 0. The Kier molecular flexibility index (Phi) is 7.41. The SMILES string of the molecule is CCCOc1ccc(CN(C(=O)c2nc(S(C)(=O)=O)ncc2Cl)C2CCS(=O)(=O)C2)cc1. The first-order chi connectivity index (χ1) is 15.0. The first-order valence-corrected chi connectivity index (χ1v) is 14.0. The van der Waals surface area contributed by atoms with Crippen LogP contribution in [-0.2, 0) is 26.2 Å². The van der Waals surface area contributed by atoms with Crippen LogP contribution in [0.3, 0.4) is 0 Å². The van der Waals surface area contributed by atoms with Gasteiger partial charge in [-0.05, 0) is 30.5 Å². The van der Waals surface area contributed by atoms with Crippen LogP contribution in [0.25, 0.3) is 0 Å². The Labute approximate surface area is 192 Å². The van der Waals surface area contributed by atoms with Crippen molar-refractivity contribution < 1.29 is 26.4 Å². The Morgan fingerprint density at radius 1 is 1.28 bits per heavy atom. The first kappa shape index (κ1) is 24.4. The number of amides is 1. The molecule has 1 amide bonds. The topological polar surface area (TPSA) is 124 Å². The molecule has 0 radical (unpaired) electrons. The number of carbonyl (C=O) groups is 1. The number of rotatable bonds is 8. The average molecular weight is 502 g/mol. The fourth-order valence-electron chi connectivity index (χ4n) is 3.31. The quantitative estimate of drug-likeness (QED) is 0.504. The number of sulfone groups is 2. The Balaban J connectivity index is 1.94. The summed E-state index contributed by atoms with van der Waals surface area (Å²) in [6.45, 7) is 2.68. The number of nitrogens with zero attached hydrogens (tertiary/aromatic N) is 3. The molecule has 1 aromatic carbocycles. The van der Waals surface area contributed by atoms with Gasteiger partial charge in [-0.15, -0.1) is 0 Å². The molecule has 1 aliphatic heterocycles. The molecule has 1 aliphatic rings. The van der Waals surface area contributed by atoms with Crippen LogP contribution in [0, 0.1) is 0 Å². The van der Waals surface area contributed by atoms with E-state index in [0.717, 1.165) is 24.4 Å². The highest BCUT2D eigenvalue weighted by atomic mass is 35.5. The van der Waals surface area contributed by atoms with Crippen LogP contribution < -0.4 is 4.74 Å². The maximum atomic E-state index is 13.4. The lowest BCUT2D eigenvalue weighted by Crippen LogP contribution is -2.41. The minimum Gasteiger partial charge on any atom is -0.494 e. The molecule has 0 spiro atoms. The van der Waals surface area contributed by atoms with Crippen molar-refractivity contribution in [2.24, 2.45) is 0 Å². The molecule has 0 saturated carbocycles. The van der Waals surface area contributed by atoms with Crippen molar-refractivity contribution in [3.63, 3.8) is 0 Å². The lowest BCUT2D eigenvalue weighted by molar-refractivity contribution is 0.0674. The van der Waals surface area contributed by atoms with E-state index in [1.54, 1.807) is 24.3 Å². The second-order valence-electron chi connectivity index (χ2n) is 7.60. The zero-order chi connectivity index (χ0) is 23.5. The molecule has 1 unspecified atom stereocenters. The predicted octanol–water partition coefficient (Wildman–Crippen LogP) is 2.15. The summed E-state index contributed by atoms with van der Waals surface area (Å²) in [6, 6.07) is 6.55. The van der Waals surface area contributed by atoms with Gasteiger partial charge in [-0.2, -0.15) is 0 Å². The van der Waals surface area contributed by atoms with E-state index >= 15 is 0 Å². The Bertz CT molecular complexity index is 1200. The van der Waals surface area contributed by atoms with Gasteiger partial charge in [-0.25, -0.2) is 26.8 Å². The Morgan fingerprint density at radius 3 is 2.53 bits per heavy atom. The third-order valence-electron chi connectivity index (χ3n) is 4.92. The van der Waals surface area contributed by atoms with Crippen LogP contribution in [0.15, 0.2) is 35.6 Å². The van der Waals surface area contributed by atoms with Gasteiger partial charge in [0.15, 0.2) is 15.5 Å². The maximum Gasteiger partial charge on any atom is 0.274 e. The van der Waals surface area contributed by atoms with E-state index in [0.29, 0.717) is 12.4 Å². The molecule has 1 atom stereocenters. The molecule has 0 bridgehead atoms. The van der Waals surface area contributed by atoms with E-state index in [4.69, 9.17) is 16.3 Å². The van der Waals surface area contributed by atoms with E-state index in [-0.39, 0.29) is 35.2 Å². The van der Waals surface area contributed by atoms with Crippen LogP contribution in [0.4, 0.5) is 0 Å².